The zero-order valence-electron chi connectivity index (χ0n) is 12.3. The van der Waals surface area contributed by atoms with E-state index >= 15 is 0 Å². The van der Waals surface area contributed by atoms with Gasteiger partial charge in [-0.25, -0.2) is 9.98 Å². The molecular formula is C15H20N4O. The zero-order chi connectivity index (χ0) is 14.7. The molecule has 0 aliphatic rings. The van der Waals surface area contributed by atoms with E-state index in [1.54, 1.807) is 0 Å². The van der Waals surface area contributed by atoms with E-state index in [1.165, 1.54) is 11.1 Å². The third-order valence-electron chi connectivity index (χ3n) is 2.95. The minimum absolute atomic E-state index is 0.332. The van der Waals surface area contributed by atoms with Crippen molar-refractivity contribution in [2.45, 2.75) is 34.2 Å². The first-order valence-electron chi connectivity index (χ1n) is 6.52. The van der Waals surface area contributed by atoms with E-state index in [-0.39, 0.29) is 0 Å². The Labute approximate surface area is 118 Å². The Morgan fingerprint density at radius 1 is 1.20 bits per heavy atom. The van der Waals surface area contributed by atoms with Gasteiger partial charge in [0.2, 0.25) is 5.89 Å². The van der Waals surface area contributed by atoms with Crippen LogP contribution in [0, 0.1) is 27.7 Å². The fourth-order valence-electron chi connectivity index (χ4n) is 1.99. The lowest BCUT2D eigenvalue weighted by molar-refractivity contribution is 0.473. The molecule has 0 atom stereocenters. The number of hydrogen-bond acceptors (Lipinski definition) is 3. The number of aliphatic imine (C=N–C) groups is 1. The number of rotatable bonds is 3. The van der Waals surface area contributed by atoms with Crippen LogP contribution in [-0.2, 0) is 6.54 Å². The first-order chi connectivity index (χ1) is 9.44. The molecule has 0 saturated carbocycles. The third kappa shape index (κ3) is 3.60. The smallest absolute Gasteiger partial charge is 0.216 e. The molecule has 5 nitrogen and oxygen atoms in total. The number of nitrogens with one attached hydrogen (secondary N) is 1. The molecule has 0 spiro atoms. The van der Waals surface area contributed by atoms with Gasteiger partial charge in [-0.3, -0.25) is 0 Å². The summed E-state index contributed by atoms with van der Waals surface area (Å²) < 4.78 is 5.45. The van der Waals surface area contributed by atoms with Gasteiger partial charge in [0, 0.05) is 5.69 Å². The Morgan fingerprint density at radius 3 is 2.40 bits per heavy atom. The van der Waals surface area contributed by atoms with E-state index in [1.807, 2.05) is 39.8 Å². The molecule has 0 radical (unpaired) electrons. The van der Waals surface area contributed by atoms with Gasteiger partial charge in [-0.05, 0) is 51.0 Å². The van der Waals surface area contributed by atoms with Gasteiger partial charge in [-0.1, -0.05) is 6.07 Å². The van der Waals surface area contributed by atoms with E-state index in [0.29, 0.717) is 18.4 Å². The molecule has 1 heterocycles. The Hall–Kier alpha value is -2.30. The van der Waals surface area contributed by atoms with E-state index < -0.39 is 0 Å². The molecule has 20 heavy (non-hydrogen) atoms. The number of hydrogen-bond donors (Lipinski definition) is 2. The van der Waals surface area contributed by atoms with Crippen LogP contribution in [0.4, 0.5) is 5.69 Å². The minimum atomic E-state index is 0.332. The maximum absolute atomic E-state index is 5.87. The number of anilines is 1. The lowest BCUT2D eigenvalue weighted by Gasteiger charge is -2.07. The average Bonchev–Trinajstić information content (AvgIpc) is 2.65. The summed E-state index contributed by atoms with van der Waals surface area (Å²) >= 11 is 0. The summed E-state index contributed by atoms with van der Waals surface area (Å²) in [5, 5.41) is 3.07. The van der Waals surface area contributed by atoms with Crippen molar-refractivity contribution in [2.24, 2.45) is 10.7 Å². The molecule has 3 N–H and O–H groups in total. The predicted molar refractivity (Wildman–Crippen MR) is 80.8 cm³/mol. The molecule has 0 aliphatic carbocycles. The number of oxazole rings is 1. The summed E-state index contributed by atoms with van der Waals surface area (Å²) in [5.41, 5.74) is 10.0. The highest BCUT2D eigenvalue weighted by molar-refractivity contribution is 5.92. The molecule has 1 aromatic carbocycles. The fraction of sp³-hybridized carbons (Fsp3) is 0.333. The van der Waals surface area contributed by atoms with Crippen molar-refractivity contribution in [1.82, 2.24) is 4.98 Å². The summed E-state index contributed by atoms with van der Waals surface area (Å²) in [6.07, 6.45) is 0. The van der Waals surface area contributed by atoms with Crippen LogP contribution in [0.15, 0.2) is 27.6 Å². The molecular weight excluding hydrogens is 252 g/mol. The maximum Gasteiger partial charge on any atom is 0.216 e. The highest BCUT2D eigenvalue weighted by Crippen LogP contribution is 2.13. The lowest BCUT2D eigenvalue weighted by atomic mass is 10.1. The van der Waals surface area contributed by atoms with Crippen LogP contribution >= 0.6 is 0 Å². The number of aryl methyl sites for hydroxylation is 4. The second kappa shape index (κ2) is 5.77. The number of benzene rings is 1. The molecule has 106 valence electrons. The lowest BCUT2D eigenvalue weighted by Crippen LogP contribution is -2.22. The first-order valence-corrected chi connectivity index (χ1v) is 6.52. The van der Waals surface area contributed by atoms with Gasteiger partial charge >= 0.3 is 0 Å². The van der Waals surface area contributed by atoms with Gasteiger partial charge in [0.15, 0.2) is 5.96 Å². The molecule has 0 unspecified atom stereocenters. The zero-order valence-corrected chi connectivity index (χ0v) is 12.3. The summed E-state index contributed by atoms with van der Waals surface area (Å²) in [5.74, 6) is 1.74. The van der Waals surface area contributed by atoms with Crippen LogP contribution in [0.25, 0.3) is 0 Å². The third-order valence-corrected chi connectivity index (χ3v) is 2.95. The molecule has 2 rings (SSSR count). The van der Waals surface area contributed by atoms with Crippen LogP contribution in [0.1, 0.15) is 28.5 Å². The Bertz CT molecular complexity index is 604. The predicted octanol–water partition coefficient (Wildman–Crippen LogP) is 2.84. The molecule has 5 heteroatoms. The average molecular weight is 272 g/mol. The van der Waals surface area contributed by atoms with E-state index in [0.717, 1.165) is 17.1 Å². The van der Waals surface area contributed by atoms with E-state index in [9.17, 15) is 0 Å². The second-order valence-corrected chi connectivity index (χ2v) is 4.95. The van der Waals surface area contributed by atoms with Gasteiger partial charge < -0.3 is 15.5 Å². The second-order valence-electron chi connectivity index (χ2n) is 4.95. The van der Waals surface area contributed by atoms with Crippen LogP contribution in [0.2, 0.25) is 0 Å². The number of aromatic nitrogens is 1. The Kier molecular flexibility index (Phi) is 4.08. The maximum atomic E-state index is 5.87. The topological polar surface area (TPSA) is 76.4 Å². The SMILES string of the molecule is Cc1cc(C)cc(NC(N)=NCc2nc(C)c(C)o2)c1. The highest BCUT2D eigenvalue weighted by Gasteiger charge is 2.04. The van der Waals surface area contributed by atoms with Crippen molar-refractivity contribution >= 4 is 11.6 Å². The van der Waals surface area contributed by atoms with E-state index in [2.05, 4.69) is 21.4 Å². The summed E-state index contributed by atoms with van der Waals surface area (Å²) in [6, 6.07) is 6.15. The van der Waals surface area contributed by atoms with Crippen LogP contribution < -0.4 is 11.1 Å². The molecule has 2 aromatic rings. The van der Waals surface area contributed by atoms with Crippen molar-refractivity contribution in [3.63, 3.8) is 0 Å². The molecule has 0 aliphatic heterocycles. The molecule has 1 aromatic heterocycles. The first kappa shape index (κ1) is 14.1. The summed E-state index contributed by atoms with van der Waals surface area (Å²) in [7, 11) is 0. The van der Waals surface area contributed by atoms with Gasteiger partial charge in [-0.2, -0.15) is 0 Å². The van der Waals surface area contributed by atoms with Gasteiger partial charge in [-0.15, -0.1) is 0 Å². The summed E-state index contributed by atoms with van der Waals surface area (Å²) in [4.78, 5) is 8.49. The number of nitrogens with two attached hydrogens (primary N) is 1. The molecule has 0 saturated heterocycles. The van der Waals surface area contributed by atoms with Crippen molar-refractivity contribution < 1.29 is 4.42 Å². The van der Waals surface area contributed by atoms with Crippen LogP contribution in [-0.4, -0.2) is 10.9 Å². The van der Waals surface area contributed by atoms with Crippen molar-refractivity contribution in [2.75, 3.05) is 5.32 Å². The molecule has 0 bridgehead atoms. The minimum Gasteiger partial charge on any atom is -0.444 e. The van der Waals surface area contributed by atoms with Crippen molar-refractivity contribution in [3.05, 3.63) is 46.7 Å². The monoisotopic (exact) mass is 272 g/mol. The normalized spacial score (nSPS) is 11.7. The Morgan fingerprint density at radius 2 is 1.85 bits per heavy atom. The molecule has 0 amide bonds. The van der Waals surface area contributed by atoms with E-state index in [4.69, 9.17) is 10.2 Å². The van der Waals surface area contributed by atoms with Crippen molar-refractivity contribution in [1.29, 1.82) is 0 Å². The fourth-order valence-corrected chi connectivity index (χ4v) is 1.99. The van der Waals surface area contributed by atoms with Gasteiger partial charge in [0.1, 0.15) is 12.3 Å². The quantitative estimate of drug-likeness (QED) is 0.665. The Balaban J connectivity index is 2.03. The largest absolute Gasteiger partial charge is 0.444 e. The highest BCUT2D eigenvalue weighted by atomic mass is 16.4. The standard InChI is InChI=1S/C15H20N4O/c1-9-5-10(2)7-13(6-9)19-15(16)17-8-14-18-11(3)12(4)20-14/h5-7H,8H2,1-4H3,(H3,16,17,19). The molecule has 0 fully saturated rings. The summed E-state index contributed by atoms with van der Waals surface area (Å²) in [6.45, 7) is 8.21. The van der Waals surface area contributed by atoms with Crippen LogP contribution in [0.5, 0.6) is 0 Å². The van der Waals surface area contributed by atoms with Gasteiger partial charge in [0.05, 0.1) is 5.69 Å². The number of nitrogens with zero attached hydrogens (tertiary/aromatic N) is 2. The van der Waals surface area contributed by atoms with Crippen LogP contribution in [0.3, 0.4) is 0 Å². The van der Waals surface area contributed by atoms with Crippen molar-refractivity contribution in [3.8, 4) is 0 Å². The van der Waals surface area contributed by atoms with Gasteiger partial charge in [0.25, 0.3) is 0 Å². The number of guanidine groups is 1.